The van der Waals surface area contributed by atoms with Crippen LogP contribution >= 0.6 is 0 Å². The zero-order valence-corrected chi connectivity index (χ0v) is 12.1. The number of carbonyl (C=O) groups is 1. The molecule has 2 aromatic carbocycles. The minimum atomic E-state index is 0.113. The molecule has 0 radical (unpaired) electrons. The van der Waals surface area contributed by atoms with Gasteiger partial charge in [0.25, 0.3) is 5.91 Å². The molecule has 0 spiro atoms. The summed E-state index contributed by atoms with van der Waals surface area (Å²) in [6.45, 7) is 3.89. The number of carbonyl (C=O) groups excluding carboxylic acids is 1. The van der Waals surface area contributed by atoms with E-state index in [-0.39, 0.29) is 11.9 Å². The van der Waals surface area contributed by atoms with E-state index in [1.165, 1.54) is 16.7 Å². The molecule has 2 aliphatic rings. The molecule has 3 heteroatoms. The van der Waals surface area contributed by atoms with Crippen molar-refractivity contribution in [2.75, 3.05) is 4.90 Å². The van der Waals surface area contributed by atoms with E-state index in [2.05, 4.69) is 24.4 Å². The van der Waals surface area contributed by atoms with Gasteiger partial charge < -0.3 is 10.2 Å². The summed E-state index contributed by atoms with van der Waals surface area (Å²) in [4.78, 5) is 14.9. The van der Waals surface area contributed by atoms with E-state index in [0.29, 0.717) is 0 Å². The largest absolute Gasteiger partial charge is 0.309 e. The summed E-state index contributed by atoms with van der Waals surface area (Å²) in [5, 5.41) is 3.32. The lowest BCUT2D eigenvalue weighted by Gasteiger charge is -2.23. The van der Waals surface area contributed by atoms with Crippen molar-refractivity contribution in [3.8, 4) is 0 Å². The van der Waals surface area contributed by atoms with Crippen molar-refractivity contribution in [1.82, 2.24) is 5.32 Å². The Morgan fingerprint density at radius 3 is 2.81 bits per heavy atom. The number of nitrogens with one attached hydrogen (secondary N) is 1. The lowest BCUT2D eigenvalue weighted by molar-refractivity contribution is 0.0981. The molecule has 0 saturated heterocycles. The molecule has 2 aromatic rings. The first-order valence-corrected chi connectivity index (χ1v) is 7.48. The summed E-state index contributed by atoms with van der Waals surface area (Å²) < 4.78 is 0. The van der Waals surface area contributed by atoms with E-state index in [9.17, 15) is 4.79 Å². The average Bonchev–Trinajstić information content (AvgIpc) is 3.08. The maximum absolute atomic E-state index is 12.9. The van der Waals surface area contributed by atoms with Crippen LogP contribution in [-0.2, 0) is 19.5 Å². The molecule has 1 amide bonds. The van der Waals surface area contributed by atoms with Crippen molar-refractivity contribution in [3.05, 3.63) is 64.7 Å². The quantitative estimate of drug-likeness (QED) is 0.870. The Labute approximate surface area is 124 Å². The van der Waals surface area contributed by atoms with E-state index >= 15 is 0 Å². The van der Waals surface area contributed by atoms with Crippen LogP contribution in [0.15, 0.2) is 42.5 Å². The molecular formula is C18H18N2O. The number of para-hydroxylation sites is 1. The molecule has 0 aromatic heterocycles. The van der Waals surface area contributed by atoms with Crippen LogP contribution in [0.1, 0.15) is 34.0 Å². The molecule has 21 heavy (non-hydrogen) atoms. The molecule has 4 rings (SSSR count). The molecule has 2 aliphatic heterocycles. The fourth-order valence-electron chi connectivity index (χ4n) is 3.44. The van der Waals surface area contributed by atoms with Crippen molar-refractivity contribution in [2.24, 2.45) is 0 Å². The van der Waals surface area contributed by atoms with Crippen LogP contribution in [0.2, 0.25) is 0 Å². The van der Waals surface area contributed by atoms with Gasteiger partial charge in [0.1, 0.15) is 0 Å². The second-order valence-corrected chi connectivity index (χ2v) is 5.94. The summed E-state index contributed by atoms with van der Waals surface area (Å²) in [6.07, 6.45) is 0.939. The molecule has 0 aliphatic carbocycles. The van der Waals surface area contributed by atoms with Crippen LogP contribution < -0.4 is 10.2 Å². The Morgan fingerprint density at radius 2 is 1.90 bits per heavy atom. The number of amides is 1. The second kappa shape index (κ2) is 4.71. The Hall–Kier alpha value is -2.13. The van der Waals surface area contributed by atoms with Crippen LogP contribution in [0.4, 0.5) is 5.69 Å². The van der Waals surface area contributed by atoms with Crippen LogP contribution in [0.25, 0.3) is 0 Å². The van der Waals surface area contributed by atoms with Gasteiger partial charge in [0.05, 0.1) is 0 Å². The standard InChI is InChI=1S/C18H18N2O/c1-12-8-13-4-2-3-5-17(13)20(12)18(21)14-6-7-15-10-19-11-16(15)9-14/h2-7,9,12,19H,8,10-11H2,1H3. The molecule has 1 unspecified atom stereocenters. The van der Waals surface area contributed by atoms with Crippen molar-refractivity contribution in [2.45, 2.75) is 32.5 Å². The van der Waals surface area contributed by atoms with Crippen molar-refractivity contribution in [3.63, 3.8) is 0 Å². The topological polar surface area (TPSA) is 32.3 Å². The molecule has 106 valence electrons. The first kappa shape index (κ1) is 12.6. The SMILES string of the molecule is CC1Cc2ccccc2N1C(=O)c1ccc2c(c1)CNC2. The van der Waals surface area contributed by atoms with Crippen LogP contribution in [0.3, 0.4) is 0 Å². The van der Waals surface area contributed by atoms with Gasteiger partial charge in [-0.15, -0.1) is 0 Å². The Morgan fingerprint density at radius 1 is 1.10 bits per heavy atom. The van der Waals surface area contributed by atoms with Gasteiger partial charge in [0, 0.05) is 30.4 Å². The van der Waals surface area contributed by atoms with E-state index in [4.69, 9.17) is 0 Å². The summed E-state index contributed by atoms with van der Waals surface area (Å²) in [6, 6.07) is 14.5. The van der Waals surface area contributed by atoms with E-state index in [1.807, 2.05) is 35.2 Å². The predicted molar refractivity (Wildman–Crippen MR) is 83.4 cm³/mol. The first-order valence-electron chi connectivity index (χ1n) is 7.48. The summed E-state index contributed by atoms with van der Waals surface area (Å²) in [5.41, 5.74) is 5.68. The van der Waals surface area contributed by atoms with Crippen LogP contribution in [0.5, 0.6) is 0 Å². The van der Waals surface area contributed by atoms with Gasteiger partial charge in [0.2, 0.25) is 0 Å². The van der Waals surface area contributed by atoms with Crippen molar-refractivity contribution in [1.29, 1.82) is 0 Å². The normalized spacial score (nSPS) is 19.5. The van der Waals surface area contributed by atoms with Crippen LogP contribution in [0, 0.1) is 0 Å². The third kappa shape index (κ3) is 1.96. The minimum absolute atomic E-state index is 0.113. The highest BCUT2D eigenvalue weighted by Gasteiger charge is 2.31. The number of hydrogen-bond donors (Lipinski definition) is 1. The zero-order chi connectivity index (χ0) is 14.4. The molecular weight excluding hydrogens is 260 g/mol. The fourth-order valence-corrected chi connectivity index (χ4v) is 3.44. The maximum Gasteiger partial charge on any atom is 0.258 e. The molecule has 0 saturated carbocycles. The minimum Gasteiger partial charge on any atom is -0.309 e. The van der Waals surface area contributed by atoms with Gasteiger partial charge in [-0.3, -0.25) is 4.79 Å². The number of hydrogen-bond acceptors (Lipinski definition) is 2. The molecule has 0 fully saturated rings. The number of nitrogens with zero attached hydrogens (tertiary/aromatic N) is 1. The molecule has 2 heterocycles. The van der Waals surface area contributed by atoms with E-state index in [0.717, 1.165) is 30.8 Å². The number of benzene rings is 2. The number of anilines is 1. The van der Waals surface area contributed by atoms with Gasteiger partial charge in [0.15, 0.2) is 0 Å². The summed E-state index contributed by atoms with van der Waals surface area (Å²) in [7, 11) is 0. The van der Waals surface area contributed by atoms with Crippen molar-refractivity contribution < 1.29 is 4.79 Å². The van der Waals surface area contributed by atoms with Gasteiger partial charge in [-0.2, -0.15) is 0 Å². The van der Waals surface area contributed by atoms with Crippen LogP contribution in [-0.4, -0.2) is 11.9 Å². The highest BCUT2D eigenvalue weighted by atomic mass is 16.2. The average molecular weight is 278 g/mol. The number of rotatable bonds is 1. The molecule has 1 atom stereocenters. The third-order valence-electron chi connectivity index (χ3n) is 4.51. The highest BCUT2D eigenvalue weighted by Crippen LogP contribution is 2.33. The summed E-state index contributed by atoms with van der Waals surface area (Å²) >= 11 is 0. The molecule has 1 N–H and O–H groups in total. The van der Waals surface area contributed by atoms with Gasteiger partial charge in [-0.05, 0) is 48.2 Å². The fraction of sp³-hybridized carbons (Fsp3) is 0.278. The van der Waals surface area contributed by atoms with E-state index in [1.54, 1.807) is 0 Å². The Balaban J connectivity index is 1.72. The monoisotopic (exact) mass is 278 g/mol. The van der Waals surface area contributed by atoms with Gasteiger partial charge in [-0.25, -0.2) is 0 Å². The van der Waals surface area contributed by atoms with Crippen molar-refractivity contribution >= 4 is 11.6 Å². The number of fused-ring (bicyclic) bond motifs is 2. The van der Waals surface area contributed by atoms with Gasteiger partial charge in [-0.1, -0.05) is 24.3 Å². The Bertz CT molecular complexity index is 723. The lowest BCUT2D eigenvalue weighted by atomic mass is 10.1. The predicted octanol–water partition coefficient (Wildman–Crippen LogP) is 2.88. The highest BCUT2D eigenvalue weighted by molar-refractivity contribution is 6.07. The first-order chi connectivity index (χ1) is 10.2. The third-order valence-corrected chi connectivity index (χ3v) is 4.51. The van der Waals surface area contributed by atoms with Gasteiger partial charge >= 0.3 is 0 Å². The Kier molecular flexibility index (Phi) is 2.82. The van der Waals surface area contributed by atoms with E-state index < -0.39 is 0 Å². The smallest absolute Gasteiger partial charge is 0.258 e. The second-order valence-electron chi connectivity index (χ2n) is 5.94. The maximum atomic E-state index is 12.9. The molecule has 0 bridgehead atoms. The zero-order valence-electron chi connectivity index (χ0n) is 12.1. The lowest BCUT2D eigenvalue weighted by Crippen LogP contribution is -2.35. The summed E-state index contributed by atoms with van der Waals surface area (Å²) in [5.74, 6) is 0.113. The molecule has 3 nitrogen and oxygen atoms in total.